The van der Waals surface area contributed by atoms with Crippen molar-refractivity contribution in [3.8, 4) is 0 Å². The van der Waals surface area contributed by atoms with Crippen LogP contribution < -0.4 is 10.6 Å². The number of ether oxygens (including phenoxy) is 1. The van der Waals surface area contributed by atoms with Gasteiger partial charge in [0.2, 0.25) is 0 Å². The predicted octanol–water partition coefficient (Wildman–Crippen LogP) is 0.612. The summed E-state index contributed by atoms with van der Waals surface area (Å²) >= 11 is 0. The Kier molecular flexibility index (Phi) is 6.15. The Bertz CT molecular complexity index is 113. The molecule has 0 spiro atoms. The van der Waals surface area contributed by atoms with E-state index in [1.807, 2.05) is 0 Å². The Morgan fingerprint density at radius 3 is 3.08 bits per heavy atom. The number of methoxy groups -OCH3 is 1. The van der Waals surface area contributed by atoms with Gasteiger partial charge in [-0.15, -0.1) is 0 Å². The van der Waals surface area contributed by atoms with Gasteiger partial charge < -0.3 is 15.4 Å². The van der Waals surface area contributed by atoms with Gasteiger partial charge in [0.1, 0.15) is 0 Å². The molecular weight excluding hydrogens is 164 g/mol. The second-order valence-corrected chi connectivity index (χ2v) is 3.74. The fourth-order valence-electron chi connectivity index (χ4n) is 1.78. The van der Waals surface area contributed by atoms with Crippen molar-refractivity contribution in [2.75, 3.05) is 39.9 Å². The van der Waals surface area contributed by atoms with E-state index >= 15 is 0 Å². The zero-order valence-corrected chi connectivity index (χ0v) is 8.64. The third kappa shape index (κ3) is 5.24. The SMILES string of the molecule is COCCNCCC1CCCNC1. The highest BCUT2D eigenvalue weighted by atomic mass is 16.5. The number of piperidine rings is 1. The molecule has 13 heavy (non-hydrogen) atoms. The molecule has 0 amide bonds. The summed E-state index contributed by atoms with van der Waals surface area (Å²) in [5.41, 5.74) is 0. The van der Waals surface area contributed by atoms with Gasteiger partial charge >= 0.3 is 0 Å². The van der Waals surface area contributed by atoms with Gasteiger partial charge in [0.25, 0.3) is 0 Å². The van der Waals surface area contributed by atoms with Crippen LogP contribution in [0.2, 0.25) is 0 Å². The van der Waals surface area contributed by atoms with Crippen LogP contribution in [0.3, 0.4) is 0 Å². The van der Waals surface area contributed by atoms with Crippen LogP contribution in [-0.2, 0) is 4.74 Å². The van der Waals surface area contributed by atoms with Crippen LogP contribution in [0.1, 0.15) is 19.3 Å². The molecule has 3 heteroatoms. The summed E-state index contributed by atoms with van der Waals surface area (Å²) in [5.74, 6) is 0.892. The summed E-state index contributed by atoms with van der Waals surface area (Å²) in [7, 11) is 1.74. The highest BCUT2D eigenvalue weighted by Crippen LogP contribution is 2.12. The molecule has 1 aliphatic rings. The third-order valence-corrected chi connectivity index (χ3v) is 2.61. The second kappa shape index (κ2) is 7.30. The third-order valence-electron chi connectivity index (χ3n) is 2.61. The van der Waals surface area contributed by atoms with Crippen LogP contribution in [-0.4, -0.2) is 39.9 Å². The van der Waals surface area contributed by atoms with Gasteiger partial charge in [0.05, 0.1) is 6.61 Å². The fraction of sp³-hybridized carbons (Fsp3) is 1.00. The molecule has 1 rings (SSSR count). The van der Waals surface area contributed by atoms with E-state index in [9.17, 15) is 0 Å². The maximum absolute atomic E-state index is 4.96. The second-order valence-electron chi connectivity index (χ2n) is 3.74. The summed E-state index contributed by atoms with van der Waals surface area (Å²) < 4.78 is 4.96. The Morgan fingerprint density at radius 2 is 2.38 bits per heavy atom. The van der Waals surface area contributed by atoms with Crippen LogP contribution in [0, 0.1) is 5.92 Å². The molecule has 1 atom stereocenters. The van der Waals surface area contributed by atoms with Gasteiger partial charge in [-0.25, -0.2) is 0 Å². The largest absolute Gasteiger partial charge is 0.383 e. The van der Waals surface area contributed by atoms with Crippen molar-refractivity contribution in [2.45, 2.75) is 19.3 Å². The van der Waals surface area contributed by atoms with Crippen molar-refractivity contribution in [3.05, 3.63) is 0 Å². The summed E-state index contributed by atoms with van der Waals surface area (Å²) in [5, 5.41) is 6.82. The highest BCUT2D eigenvalue weighted by Gasteiger charge is 2.11. The molecule has 2 N–H and O–H groups in total. The van der Waals surface area contributed by atoms with Crippen molar-refractivity contribution in [2.24, 2.45) is 5.92 Å². The van der Waals surface area contributed by atoms with Crippen molar-refractivity contribution < 1.29 is 4.74 Å². The highest BCUT2D eigenvalue weighted by molar-refractivity contribution is 4.69. The monoisotopic (exact) mass is 186 g/mol. The average Bonchev–Trinajstić information content (AvgIpc) is 2.19. The van der Waals surface area contributed by atoms with Gasteiger partial charge in [-0.3, -0.25) is 0 Å². The molecule has 78 valence electrons. The summed E-state index contributed by atoms with van der Waals surface area (Å²) in [6, 6.07) is 0. The number of hydrogen-bond acceptors (Lipinski definition) is 3. The molecule has 1 saturated heterocycles. The number of rotatable bonds is 6. The van der Waals surface area contributed by atoms with Gasteiger partial charge in [-0.05, 0) is 44.8 Å². The van der Waals surface area contributed by atoms with E-state index in [1.54, 1.807) is 7.11 Å². The maximum Gasteiger partial charge on any atom is 0.0587 e. The van der Waals surface area contributed by atoms with Crippen LogP contribution in [0.5, 0.6) is 0 Å². The number of nitrogens with one attached hydrogen (secondary N) is 2. The fourth-order valence-corrected chi connectivity index (χ4v) is 1.78. The Morgan fingerprint density at radius 1 is 1.46 bits per heavy atom. The topological polar surface area (TPSA) is 33.3 Å². The standard InChI is InChI=1S/C10H22N2O/c1-13-8-7-11-6-4-10-3-2-5-12-9-10/h10-12H,2-9H2,1H3. The average molecular weight is 186 g/mol. The van der Waals surface area contributed by atoms with Gasteiger partial charge in [0, 0.05) is 13.7 Å². The van der Waals surface area contributed by atoms with Gasteiger partial charge in [-0.1, -0.05) is 0 Å². The maximum atomic E-state index is 4.96. The van der Waals surface area contributed by atoms with E-state index in [4.69, 9.17) is 4.74 Å². The molecule has 0 aromatic carbocycles. The van der Waals surface area contributed by atoms with E-state index in [-0.39, 0.29) is 0 Å². The Labute approximate surface area is 81.2 Å². The lowest BCUT2D eigenvalue weighted by Gasteiger charge is -2.22. The van der Waals surface area contributed by atoms with Gasteiger partial charge in [-0.2, -0.15) is 0 Å². The molecule has 0 aromatic heterocycles. The molecule has 0 aliphatic carbocycles. The van der Waals surface area contributed by atoms with E-state index in [0.717, 1.165) is 25.6 Å². The van der Waals surface area contributed by atoms with E-state index in [0.29, 0.717) is 0 Å². The first-order valence-electron chi connectivity index (χ1n) is 5.34. The summed E-state index contributed by atoms with van der Waals surface area (Å²) in [6.07, 6.45) is 4.05. The van der Waals surface area contributed by atoms with Crippen molar-refractivity contribution in [3.63, 3.8) is 0 Å². The first kappa shape index (κ1) is 11.0. The summed E-state index contributed by atoms with van der Waals surface area (Å²) in [4.78, 5) is 0. The van der Waals surface area contributed by atoms with Crippen molar-refractivity contribution >= 4 is 0 Å². The minimum atomic E-state index is 0.822. The van der Waals surface area contributed by atoms with E-state index in [1.165, 1.54) is 32.4 Å². The molecule has 1 heterocycles. The molecule has 0 radical (unpaired) electrons. The van der Waals surface area contributed by atoms with Crippen LogP contribution in [0.15, 0.2) is 0 Å². The molecule has 1 unspecified atom stereocenters. The molecule has 0 bridgehead atoms. The Hall–Kier alpha value is -0.120. The lowest BCUT2D eigenvalue weighted by molar-refractivity contribution is 0.198. The molecule has 0 saturated carbocycles. The summed E-state index contributed by atoms with van der Waals surface area (Å²) in [6.45, 7) is 5.37. The smallest absolute Gasteiger partial charge is 0.0587 e. The normalized spacial score (nSPS) is 23.3. The van der Waals surface area contributed by atoms with Crippen molar-refractivity contribution in [1.29, 1.82) is 0 Å². The molecule has 1 fully saturated rings. The van der Waals surface area contributed by atoms with Crippen molar-refractivity contribution in [1.82, 2.24) is 10.6 Å². The lowest BCUT2D eigenvalue weighted by atomic mass is 9.96. The number of hydrogen-bond donors (Lipinski definition) is 2. The first-order chi connectivity index (χ1) is 6.43. The van der Waals surface area contributed by atoms with E-state index in [2.05, 4.69) is 10.6 Å². The molecule has 3 nitrogen and oxygen atoms in total. The quantitative estimate of drug-likeness (QED) is 0.596. The van der Waals surface area contributed by atoms with Crippen LogP contribution in [0.4, 0.5) is 0 Å². The minimum Gasteiger partial charge on any atom is -0.383 e. The zero-order chi connectivity index (χ0) is 9.36. The lowest BCUT2D eigenvalue weighted by Crippen LogP contribution is -2.32. The Balaban J connectivity index is 1.86. The predicted molar refractivity (Wildman–Crippen MR) is 55.0 cm³/mol. The zero-order valence-electron chi connectivity index (χ0n) is 8.64. The molecule has 0 aromatic rings. The first-order valence-corrected chi connectivity index (χ1v) is 5.34. The van der Waals surface area contributed by atoms with Crippen LogP contribution in [0.25, 0.3) is 0 Å². The van der Waals surface area contributed by atoms with Crippen LogP contribution >= 0.6 is 0 Å². The molecule has 1 aliphatic heterocycles. The van der Waals surface area contributed by atoms with Gasteiger partial charge in [0.15, 0.2) is 0 Å². The van der Waals surface area contributed by atoms with E-state index < -0.39 is 0 Å². The minimum absolute atomic E-state index is 0.822. The molecular formula is C10H22N2O.